The quantitative estimate of drug-likeness (QED) is 0.777. The molecule has 0 saturated heterocycles. The second-order valence-electron chi connectivity index (χ2n) is 7.89. The van der Waals surface area contributed by atoms with E-state index in [0.717, 1.165) is 35.8 Å². The molecule has 0 spiro atoms. The van der Waals surface area contributed by atoms with Crippen LogP contribution in [0.5, 0.6) is 0 Å². The zero-order chi connectivity index (χ0) is 17.7. The van der Waals surface area contributed by atoms with Gasteiger partial charge in [-0.25, -0.2) is 9.97 Å². The van der Waals surface area contributed by atoms with E-state index >= 15 is 0 Å². The van der Waals surface area contributed by atoms with Crippen LogP contribution in [-0.4, -0.2) is 33.2 Å². The highest BCUT2D eigenvalue weighted by Gasteiger charge is 2.46. The molecule has 0 aliphatic heterocycles. The molecule has 2 heterocycles. The van der Waals surface area contributed by atoms with Gasteiger partial charge in [-0.15, -0.1) is 0 Å². The fourth-order valence-corrected chi connectivity index (χ4v) is 4.47. The van der Waals surface area contributed by atoms with Crippen molar-refractivity contribution in [2.45, 2.75) is 57.1 Å². The van der Waals surface area contributed by atoms with Crippen molar-refractivity contribution in [3.63, 3.8) is 0 Å². The van der Waals surface area contributed by atoms with Crippen molar-refractivity contribution in [3.05, 3.63) is 17.3 Å². The van der Waals surface area contributed by atoms with Gasteiger partial charge in [0.25, 0.3) is 0 Å². The highest BCUT2D eigenvalue weighted by molar-refractivity contribution is 6.29. The van der Waals surface area contributed by atoms with Crippen molar-refractivity contribution in [1.82, 2.24) is 14.5 Å². The van der Waals surface area contributed by atoms with Crippen LogP contribution >= 0.6 is 11.6 Å². The predicted molar refractivity (Wildman–Crippen MR) is 99.2 cm³/mol. The largest absolute Gasteiger partial charge is 0.378 e. The van der Waals surface area contributed by atoms with E-state index in [9.17, 15) is 4.79 Å². The Kier molecular flexibility index (Phi) is 4.13. The molecule has 3 aliphatic rings. The van der Waals surface area contributed by atoms with E-state index in [-0.39, 0.29) is 5.91 Å². The molecular formula is C19H23ClN4O2. The molecule has 3 aliphatic carbocycles. The number of hydrogen-bond acceptors (Lipinski definition) is 4. The number of carbonyl (C=O) groups excluding carboxylic acids is 1. The van der Waals surface area contributed by atoms with Gasteiger partial charge in [0.05, 0.1) is 19.1 Å². The Balaban J connectivity index is 1.25. The second-order valence-corrected chi connectivity index (χ2v) is 8.27. The molecule has 6 nitrogen and oxygen atoms in total. The number of imidazole rings is 1. The van der Waals surface area contributed by atoms with Crippen LogP contribution in [0.1, 0.15) is 51.0 Å². The molecule has 3 atom stereocenters. The summed E-state index contributed by atoms with van der Waals surface area (Å²) in [5, 5.41) is 3.40. The Morgan fingerprint density at radius 2 is 2.04 bits per heavy atom. The SMILES string of the molecule is O=C(CCOC1C[C@@H]2C[C@@H]2C1)Nc1nc2ccc(Cl)nc2n1C1CCC1. The number of rotatable bonds is 6. The van der Waals surface area contributed by atoms with Crippen molar-refractivity contribution in [2.24, 2.45) is 11.8 Å². The number of nitrogens with one attached hydrogen (secondary N) is 1. The maximum Gasteiger partial charge on any atom is 0.229 e. The number of anilines is 1. The molecule has 26 heavy (non-hydrogen) atoms. The first-order valence-corrected chi connectivity index (χ1v) is 10.0. The number of pyridine rings is 1. The molecular weight excluding hydrogens is 352 g/mol. The van der Waals surface area contributed by atoms with E-state index < -0.39 is 0 Å². The third-order valence-electron chi connectivity index (χ3n) is 6.08. The lowest BCUT2D eigenvalue weighted by Gasteiger charge is -2.28. The van der Waals surface area contributed by atoms with Crippen LogP contribution < -0.4 is 5.32 Å². The molecule has 0 radical (unpaired) electrons. The van der Waals surface area contributed by atoms with Crippen LogP contribution in [0.2, 0.25) is 5.15 Å². The molecule has 3 fully saturated rings. The van der Waals surface area contributed by atoms with Crippen LogP contribution in [0.15, 0.2) is 12.1 Å². The first-order valence-electron chi connectivity index (χ1n) is 9.63. The van der Waals surface area contributed by atoms with Gasteiger partial charge in [-0.3, -0.25) is 14.7 Å². The molecule has 0 aromatic carbocycles. The third-order valence-corrected chi connectivity index (χ3v) is 6.29. The number of hydrogen-bond donors (Lipinski definition) is 1. The molecule has 138 valence electrons. The monoisotopic (exact) mass is 374 g/mol. The Bertz CT molecular complexity index is 837. The molecule has 1 unspecified atom stereocenters. The maximum absolute atomic E-state index is 12.4. The van der Waals surface area contributed by atoms with E-state index in [0.29, 0.717) is 36.3 Å². The highest BCUT2D eigenvalue weighted by atomic mass is 35.5. The van der Waals surface area contributed by atoms with Crippen molar-refractivity contribution < 1.29 is 9.53 Å². The number of amides is 1. The van der Waals surface area contributed by atoms with Gasteiger partial charge in [0, 0.05) is 6.04 Å². The van der Waals surface area contributed by atoms with Gasteiger partial charge in [-0.1, -0.05) is 11.6 Å². The van der Waals surface area contributed by atoms with Crippen LogP contribution in [0.25, 0.3) is 11.2 Å². The smallest absolute Gasteiger partial charge is 0.229 e. The molecule has 1 N–H and O–H groups in total. The Labute approximate surface area is 157 Å². The Morgan fingerprint density at radius 1 is 1.23 bits per heavy atom. The zero-order valence-electron chi connectivity index (χ0n) is 14.7. The summed E-state index contributed by atoms with van der Waals surface area (Å²) in [6.45, 7) is 0.476. The number of nitrogens with zero attached hydrogens (tertiary/aromatic N) is 3. The lowest BCUT2D eigenvalue weighted by atomic mass is 9.93. The summed E-state index contributed by atoms with van der Waals surface area (Å²) in [4.78, 5) is 21.4. The zero-order valence-corrected chi connectivity index (χ0v) is 15.4. The number of halogens is 1. The number of aromatic nitrogens is 3. The van der Waals surface area contributed by atoms with E-state index in [1.54, 1.807) is 6.07 Å². The van der Waals surface area contributed by atoms with Crippen molar-refractivity contribution in [2.75, 3.05) is 11.9 Å². The minimum atomic E-state index is -0.0601. The summed E-state index contributed by atoms with van der Waals surface area (Å²) in [6, 6.07) is 3.92. The summed E-state index contributed by atoms with van der Waals surface area (Å²) >= 11 is 6.06. The molecule has 2 aromatic rings. The Morgan fingerprint density at radius 3 is 2.77 bits per heavy atom. The molecule has 2 aromatic heterocycles. The Hall–Kier alpha value is -1.66. The normalized spacial score (nSPS) is 27.3. The van der Waals surface area contributed by atoms with E-state index in [4.69, 9.17) is 16.3 Å². The third kappa shape index (κ3) is 3.09. The average Bonchev–Trinajstić information content (AvgIpc) is 3.03. The van der Waals surface area contributed by atoms with Crippen LogP contribution in [0.3, 0.4) is 0 Å². The predicted octanol–water partition coefficient (Wildman–Crippen LogP) is 3.95. The maximum atomic E-state index is 12.4. The van der Waals surface area contributed by atoms with Gasteiger partial charge < -0.3 is 4.74 Å². The average molecular weight is 375 g/mol. The summed E-state index contributed by atoms with van der Waals surface area (Å²) < 4.78 is 7.91. The standard InChI is InChI=1S/C19H23ClN4O2/c20-16-5-4-15-18(22-16)24(13-2-1-3-13)19(21-15)23-17(25)6-7-26-14-9-11-8-12(11)10-14/h4-5,11-14H,1-3,6-10H2,(H,21,23,25)/t11-,12+,14?. The van der Waals surface area contributed by atoms with Gasteiger partial charge in [-0.05, 0) is 62.5 Å². The van der Waals surface area contributed by atoms with Crippen molar-refractivity contribution in [1.29, 1.82) is 0 Å². The second kappa shape index (κ2) is 6.50. The lowest BCUT2D eigenvalue weighted by Crippen LogP contribution is -2.23. The minimum Gasteiger partial charge on any atom is -0.378 e. The number of fused-ring (bicyclic) bond motifs is 2. The lowest BCUT2D eigenvalue weighted by molar-refractivity contribution is -0.117. The highest BCUT2D eigenvalue weighted by Crippen LogP contribution is 2.52. The van der Waals surface area contributed by atoms with E-state index in [1.165, 1.54) is 25.7 Å². The fourth-order valence-electron chi connectivity index (χ4n) is 4.33. The van der Waals surface area contributed by atoms with Crippen molar-refractivity contribution >= 4 is 34.6 Å². The van der Waals surface area contributed by atoms with E-state index in [2.05, 4.69) is 15.3 Å². The van der Waals surface area contributed by atoms with Crippen LogP contribution in [0.4, 0.5) is 5.95 Å². The fraction of sp³-hybridized carbons (Fsp3) is 0.632. The van der Waals surface area contributed by atoms with Crippen LogP contribution in [0, 0.1) is 11.8 Å². The van der Waals surface area contributed by atoms with Gasteiger partial charge >= 0.3 is 0 Å². The first kappa shape index (κ1) is 16.5. The molecule has 3 saturated carbocycles. The summed E-state index contributed by atoms with van der Waals surface area (Å²) in [5.41, 5.74) is 1.51. The van der Waals surface area contributed by atoms with Crippen molar-refractivity contribution in [3.8, 4) is 0 Å². The molecule has 0 bridgehead atoms. The van der Waals surface area contributed by atoms with Gasteiger partial charge in [0.1, 0.15) is 10.7 Å². The minimum absolute atomic E-state index is 0.0601. The summed E-state index contributed by atoms with van der Waals surface area (Å²) in [5.74, 6) is 2.31. The van der Waals surface area contributed by atoms with Gasteiger partial charge in [0.15, 0.2) is 5.65 Å². The number of carbonyl (C=O) groups is 1. The summed E-state index contributed by atoms with van der Waals surface area (Å²) in [6.07, 6.45) is 7.80. The van der Waals surface area contributed by atoms with Gasteiger partial charge in [0.2, 0.25) is 11.9 Å². The molecule has 5 rings (SSSR count). The summed E-state index contributed by atoms with van der Waals surface area (Å²) in [7, 11) is 0. The molecule has 7 heteroatoms. The van der Waals surface area contributed by atoms with Gasteiger partial charge in [-0.2, -0.15) is 0 Å². The topological polar surface area (TPSA) is 69.0 Å². The molecule has 1 amide bonds. The van der Waals surface area contributed by atoms with E-state index in [1.807, 2.05) is 10.6 Å². The number of ether oxygens (including phenoxy) is 1. The van der Waals surface area contributed by atoms with Crippen LogP contribution in [-0.2, 0) is 9.53 Å². The first-order chi connectivity index (χ1) is 12.7.